The SMILES string of the molecule is Nc1cnc(OC(=O)CC(O)C(=O)Oc2cnc(N)cn2)cn1. The number of esters is 2. The number of nitrogens with two attached hydrogens (primary N) is 2. The van der Waals surface area contributed by atoms with Crippen LogP contribution in [0.2, 0.25) is 0 Å². The van der Waals surface area contributed by atoms with Crippen molar-refractivity contribution in [2.75, 3.05) is 11.5 Å². The maximum atomic E-state index is 11.6. The van der Waals surface area contributed by atoms with E-state index in [1.54, 1.807) is 0 Å². The minimum atomic E-state index is -1.75. The summed E-state index contributed by atoms with van der Waals surface area (Å²) in [6.45, 7) is 0. The van der Waals surface area contributed by atoms with Crippen molar-refractivity contribution in [3.8, 4) is 11.8 Å². The number of carbonyl (C=O) groups excluding carboxylic acids is 2. The van der Waals surface area contributed by atoms with Crippen LogP contribution in [-0.4, -0.2) is 43.1 Å². The van der Waals surface area contributed by atoms with Crippen LogP contribution >= 0.6 is 0 Å². The van der Waals surface area contributed by atoms with Gasteiger partial charge in [0.2, 0.25) is 11.8 Å². The van der Waals surface area contributed by atoms with Crippen LogP contribution in [0.5, 0.6) is 11.8 Å². The van der Waals surface area contributed by atoms with Gasteiger partial charge in [0.05, 0.1) is 31.2 Å². The third kappa shape index (κ3) is 4.86. The molecule has 120 valence electrons. The molecule has 2 heterocycles. The number of ether oxygens (including phenoxy) is 2. The second-order valence-electron chi connectivity index (χ2n) is 4.17. The Kier molecular flexibility index (Phi) is 4.94. The largest absolute Gasteiger partial charge is 0.406 e. The number of aliphatic hydroxyl groups excluding tert-OH is 1. The molecule has 0 radical (unpaired) electrons. The Balaban J connectivity index is 1.86. The van der Waals surface area contributed by atoms with Gasteiger partial charge in [-0.15, -0.1) is 0 Å². The molecular formula is C12H12N6O5. The molecule has 0 saturated heterocycles. The first kappa shape index (κ1) is 16.0. The molecule has 0 aliphatic rings. The van der Waals surface area contributed by atoms with Gasteiger partial charge in [0.1, 0.15) is 11.6 Å². The van der Waals surface area contributed by atoms with Crippen molar-refractivity contribution in [1.82, 2.24) is 19.9 Å². The molecule has 1 atom stereocenters. The quantitative estimate of drug-likeness (QED) is 0.557. The standard InChI is InChI=1S/C12H12N6O5/c13-7-2-17-9(4-15-7)22-11(20)1-6(19)12(21)23-10-5-16-8(14)3-18-10/h2-6,19H,1H2,(H2,13,15)(H2,14,16). The Morgan fingerprint density at radius 2 is 1.48 bits per heavy atom. The van der Waals surface area contributed by atoms with E-state index in [4.69, 9.17) is 20.9 Å². The Hall–Kier alpha value is -3.34. The van der Waals surface area contributed by atoms with Crippen LogP contribution in [0.4, 0.5) is 11.6 Å². The van der Waals surface area contributed by atoms with E-state index in [1.807, 2.05) is 0 Å². The van der Waals surface area contributed by atoms with Gasteiger partial charge in [-0.3, -0.25) is 4.79 Å². The molecule has 5 N–H and O–H groups in total. The average molecular weight is 320 g/mol. The average Bonchev–Trinajstić information content (AvgIpc) is 2.51. The number of carbonyl (C=O) groups is 2. The lowest BCUT2D eigenvalue weighted by atomic mass is 10.2. The zero-order valence-corrected chi connectivity index (χ0v) is 11.6. The number of aromatic nitrogens is 4. The van der Waals surface area contributed by atoms with E-state index in [-0.39, 0.29) is 23.4 Å². The van der Waals surface area contributed by atoms with E-state index < -0.39 is 24.5 Å². The fourth-order valence-electron chi connectivity index (χ4n) is 1.33. The monoisotopic (exact) mass is 320 g/mol. The lowest BCUT2D eigenvalue weighted by Crippen LogP contribution is -2.30. The van der Waals surface area contributed by atoms with Crippen LogP contribution in [-0.2, 0) is 9.59 Å². The normalized spacial score (nSPS) is 11.5. The molecule has 2 aromatic heterocycles. The van der Waals surface area contributed by atoms with Crippen LogP contribution in [0.25, 0.3) is 0 Å². The van der Waals surface area contributed by atoms with E-state index in [2.05, 4.69) is 19.9 Å². The van der Waals surface area contributed by atoms with Crippen molar-refractivity contribution < 1.29 is 24.2 Å². The summed E-state index contributed by atoms with van der Waals surface area (Å²) in [4.78, 5) is 37.9. The van der Waals surface area contributed by atoms with E-state index in [1.165, 1.54) is 12.4 Å². The first-order valence-corrected chi connectivity index (χ1v) is 6.19. The van der Waals surface area contributed by atoms with Gasteiger partial charge >= 0.3 is 11.9 Å². The van der Waals surface area contributed by atoms with Gasteiger partial charge in [-0.1, -0.05) is 0 Å². The van der Waals surface area contributed by atoms with E-state index in [0.29, 0.717) is 0 Å². The van der Waals surface area contributed by atoms with Gasteiger partial charge in [-0.2, -0.15) is 0 Å². The molecule has 2 rings (SSSR count). The molecule has 0 spiro atoms. The summed E-state index contributed by atoms with van der Waals surface area (Å²) in [7, 11) is 0. The minimum Gasteiger partial charge on any atom is -0.406 e. The molecular weight excluding hydrogens is 308 g/mol. The zero-order valence-electron chi connectivity index (χ0n) is 11.6. The molecule has 1 unspecified atom stereocenters. The Labute approximate surface area is 129 Å². The Morgan fingerprint density at radius 3 is 1.96 bits per heavy atom. The van der Waals surface area contributed by atoms with Crippen molar-refractivity contribution in [1.29, 1.82) is 0 Å². The molecule has 23 heavy (non-hydrogen) atoms. The maximum Gasteiger partial charge on any atom is 0.342 e. The van der Waals surface area contributed by atoms with Crippen LogP contribution in [0.15, 0.2) is 24.8 Å². The fraction of sp³-hybridized carbons (Fsp3) is 0.167. The first-order chi connectivity index (χ1) is 10.9. The molecule has 11 nitrogen and oxygen atoms in total. The highest BCUT2D eigenvalue weighted by atomic mass is 16.6. The summed E-state index contributed by atoms with van der Waals surface area (Å²) in [6, 6.07) is 0. The lowest BCUT2D eigenvalue weighted by molar-refractivity contribution is -0.150. The molecule has 0 fully saturated rings. The Morgan fingerprint density at radius 1 is 0.957 bits per heavy atom. The van der Waals surface area contributed by atoms with Crippen LogP contribution in [0, 0.1) is 0 Å². The van der Waals surface area contributed by atoms with Gasteiger partial charge in [-0.25, -0.2) is 24.7 Å². The van der Waals surface area contributed by atoms with Crippen molar-refractivity contribution >= 4 is 23.6 Å². The summed E-state index contributed by atoms with van der Waals surface area (Å²) < 4.78 is 9.50. The number of nitrogen functional groups attached to an aromatic ring is 2. The molecule has 0 aliphatic heterocycles. The maximum absolute atomic E-state index is 11.6. The van der Waals surface area contributed by atoms with Crippen molar-refractivity contribution in [3.63, 3.8) is 0 Å². The molecule has 0 aromatic carbocycles. The summed E-state index contributed by atoms with van der Waals surface area (Å²) in [5, 5.41) is 9.62. The molecule has 0 aliphatic carbocycles. The van der Waals surface area contributed by atoms with Gasteiger partial charge in [0, 0.05) is 0 Å². The molecule has 11 heteroatoms. The summed E-state index contributed by atoms with van der Waals surface area (Å²) in [6.07, 6.45) is 2.19. The molecule has 0 amide bonds. The van der Waals surface area contributed by atoms with Crippen LogP contribution < -0.4 is 20.9 Å². The Bertz CT molecular complexity index is 690. The van der Waals surface area contributed by atoms with Crippen LogP contribution in [0.3, 0.4) is 0 Å². The second-order valence-corrected chi connectivity index (χ2v) is 4.17. The number of rotatable bonds is 5. The number of anilines is 2. The van der Waals surface area contributed by atoms with Crippen molar-refractivity contribution in [2.45, 2.75) is 12.5 Å². The second kappa shape index (κ2) is 7.09. The third-order valence-electron chi connectivity index (χ3n) is 2.35. The summed E-state index contributed by atoms with van der Waals surface area (Å²) in [5.74, 6) is -1.99. The molecule has 2 aromatic rings. The number of aliphatic hydroxyl groups is 1. The number of hydrogen-bond acceptors (Lipinski definition) is 11. The van der Waals surface area contributed by atoms with Gasteiger partial charge < -0.3 is 26.0 Å². The molecule has 0 saturated carbocycles. The minimum absolute atomic E-state index is 0.117. The number of hydrogen-bond donors (Lipinski definition) is 3. The van der Waals surface area contributed by atoms with Gasteiger partial charge in [0.25, 0.3) is 0 Å². The highest BCUT2D eigenvalue weighted by molar-refractivity contribution is 5.83. The predicted molar refractivity (Wildman–Crippen MR) is 74.8 cm³/mol. The zero-order chi connectivity index (χ0) is 16.8. The van der Waals surface area contributed by atoms with Crippen molar-refractivity contribution in [3.05, 3.63) is 24.8 Å². The first-order valence-electron chi connectivity index (χ1n) is 6.19. The van der Waals surface area contributed by atoms with Crippen molar-refractivity contribution in [2.24, 2.45) is 0 Å². The van der Waals surface area contributed by atoms with E-state index in [0.717, 1.165) is 12.4 Å². The summed E-state index contributed by atoms with van der Waals surface area (Å²) >= 11 is 0. The lowest BCUT2D eigenvalue weighted by Gasteiger charge is -2.09. The summed E-state index contributed by atoms with van der Waals surface area (Å²) in [5.41, 5.74) is 10.6. The van der Waals surface area contributed by atoms with Crippen LogP contribution in [0.1, 0.15) is 6.42 Å². The van der Waals surface area contributed by atoms with E-state index in [9.17, 15) is 14.7 Å². The highest BCUT2D eigenvalue weighted by Gasteiger charge is 2.23. The van der Waals surface area contributed by atoms with Gasteiger partial charge in [0.15, 0.2) is 6.10 Å². The molecule has 0 bridgehead atoms. The third-order valence-corrected chi connectivity index (χ3v) is 2.35. The highest BCUT2D eigenvalue weighted by Crippen LogP contribution is 2.09. The van der Waals surface area contributed by atoms with E-state index >= 15 is 0 Å². The van der Waals surface area contributed by atoms with Gasteiger partial charge in [-0.05, 0) is 0 Å². The number of nitrogens with zero attached hydrogens (tertiary/aromatic N) is 4. The predicted octanol–water partition coefficient (Wildman–Crippen LogP) is -1.31. The fourth-order valence-corrected chi connectivity index (χ4v) is 1.33. The topological polar surface area (TPSA) is 176 Å². The smallest absolute Gasteiger partial charge is 0.342 e.